The Kier molecular flexibility index (Phi) is 10.7. The number of hydrogen-bond acceptors (Lipinski definition) is 6. The maximum atomic E-state index is 12.8. The summed E-state index contributed by atoms with van der Waals surface area (Å²) in [5.74, 6) is 1.76. The van der Waals surface area contributed by atoms with Gasteiger partial charge < -0.3 is 15.1 Å². The van der Waals surface area contributed by atoms with Crippen LogP contribution < -0.4 is 5.32 Å². The van der Waals surface area contributed by atoms with Crippen molar-refractivity contribution in [3.05, 3.63) is 39.5 Å². The van der Waals surface area contributed by atoms with E-state index in [1.165, 1.54) is 25.4 Å². The van der Waals surface area contributed by atoms with Crippen molar-refractivity contribution in [2.45, 2.75) is 25.3 Å². The molecule has 1 aromatic carbocycles. The Morgan fingerprint density at radius 3 is 2.58 bits per heavy atom. The number of aliphatic imine (C=N–C) groups is 2. The van der Waals surface area contributed by atoms with Crippen molar-refractivity contribution < 1.29 is 9.59 Å². The van der Waals surface area contributed by atoms with Crippen LogP contribution in [0.2, 0.25) is 10.0 Å². The van der Waals surface area contributed by atoms with E-state index in [9.17, 15) is 9.59 Å². The third-order valence-electron chi connectivity index (χ3n) is 5.24. The van der Waals surface area contributed by atoms with Crippen LogP contribution in [-0.2, 0) is 16.0 Å². The molecule has 1 atom stereocenters. The molecule has 0 spiro atoms. The van der Waals surface area contributed by atoms with Crippen molar-refractivity contribution in [3.63, 3.8) is 0 Å². The molecule has 2 saturated heterocycles. The lowest BCUT2D eigenvalue weighted by atomic mass is 10.1. The number of amides is 1. The first-order valence-electron chi connectivity index (χ1n) is 10.0. The molecule has 4 rings (SSSR count). The van der Waals surface area contributed by atoms with Crippen LogP contribution in [0.1, 0.15) is 18.4 Å². The Labute approximate surface area is 198 Å². The lowest BCUT2D eigenvalue weighted by Crippen LogP contribution is -2.57. The summed E-state index contributed by atoms with van der Waals surface area (Å²) in [6.07, 6.45) is 5.59. The second-order valence-electron chi connectivity index (χ2n) is 7.39. The molecule has 31 heavy (non-hydrogen) atoms. The molecule has 0 saturated carbocycles. The minimum atomic E-state index is 0. The summed E-state index contributed by atoms with van der Waals surface area (Å²) in [5.41, 5.74) is 1.18. The van der Waals surface area contributed by atoms with Crippen molar-refractivity contribution >= 4 is 60.0 Å². The lowest BCUT2D eigenvalue weighted by molar-refractivity contribution is -0.134. The van der Waals surface area contributed by atoms with Crippen LogP contribution in [0.15, 0.2) is 33.9 Å². The maximum Gasteiger partial charge on any atom is 0.227 e. The average molecular weight is 487 g/mol. The fraction of sp³-hybridized carbons (Fsp3) is 0.476. The second-order valence-corrected chi connectivity index (χ2v) is 8.20. The van der Waals surface area contributed by atoms with Gasteiger partial charge >= 0.3 is 0 Å². The van der Waals surface area contributed by atoms with Crippen molar-refractivity contribution in [2.75, 3.05) is 39.3 Å². The van der Waals surface area contributed by atoms with Crippen LogP contribution in [0.25, 0.3) is 0 Å². The first-order chi connectivity index (χ1) is 14.6. The Bertz CT molecular complexity index is 851. The monoisotopic (exact) mass is 485 g/mol. The normalized spacial score (nSPS) is 20.1. The van der Waals surface area contributed by atoms with E-state index in [0.29, 0.717) is 16.5 Å². The van der Waals surface area contributed by atoms with Gasteiger partial charge in [-0.1, -0.05) is 29.3 Å². The summed E-state index contributed by atoms with van der Waals surface area (Å²) in [7, 11) is 0. The van der Waals surface area contributed by atoms with Gasteiger partial charge in [-0.05, 0) is 43.6 Å². The molecule has 3 aliphatic rings. The zero-order valence-electron chi connectivity index (χ0n) is 17.1. The molecule has 1 amide bonds. The summed E-state index contributed by atoms with van der Waals surface area (Å²) in [6, 6.07) is 5.69. The summed E-state index contributed by atoms with van der Waals surface area (Å²) >= 11 is 12.0. The Morgan fingerprint density at radius 1 is 1.19 bits per heavy atom. The molecule has 1 N–H and O–H groups in total. The van der Waals surface area contributed by atoms with Crippen LogP contribution in [-0.4, -0.2) is 79.5 Å². The molecule has 2 fully saturated rings. The predicted molar refractivity (Wildman–Crippen MR) is 128 cm³/mol. The number of rotatable bonds is 4. The standard InChI is InChI=1S/C17H23Cl2N3O.C4H2N2O.ClH/c18-15-4-3-13(9-16(15)19)10-17(23)22-8-5-20-11-14(22)12-21-6-1-2-7-21;7-2-4-1-5-3-6-4;/h3-4,9,14,20H,1-2,5-8,10-12H2;1,3H;1H/t14-;;/m1../s1. The number of allylic oxidation sites excluding steroid dienone is 1. The molecule has 3 aliphatic heterocycles. The minimum Gasteiger partial charge on any atom is -0.336 e. The number of nitrogens with zero attached hydrogens (tertiary/aromatic N) is 4. The van der Waals surface area contributed by atoms with E-state index in [1.807, 2.05) is 11.0 Å². The third kappa shape index (κ3) is 7.72. The molecule has 168 valence electrons. The van der Waals surface area contributed by atoms with E-state index in [4.69, 9.17) is 23.2 Å². The molecule has 0 bridgehead atoms. The first-order valence-corrected chi connectivity index (χ1v) is 10.8. The fourth-order valence-corrected chi connectivity index (χ4v) is 4.05. The highest BCUT2D eigenvalue weighted by Crippen LogP contribution is 2.23. The van der Waals surface area contributed by atoms with Gasteiger partial charge in [-0.25, -0.2) is 14.8 Å². The molecule has 0 aromatic heterocycles. The first kappa shape index (κ1) is 25.5. The van der Waals surface area contributed by atoms with Crippen molar-refractivity contribution in [1.29, 1.82) is 0 Å². The Morgan fingerprint density at radius 2 is 1.97 bits per heavy atom. The molecular weight excluding hydrogens is 461 g/mol. The molecule has 0 unspecified atom stereocenters. The smallest absolute Gasteiger partial charge is 0.227 e. The highest BCUT2D eigenvalue weighted by atomic mass is 35.5. The average Bonchev–Trinajstić information content (AvgIpc) is 3.46. The van der Waals surface area contributed by atoms with E-state index in [1.54, 1.807) is 18.1 Å². The highest BCUT2D eigenvalue weighted by molar-refractivity contribution is 6.42. The second kappa shape index (κ2) is 13.0. The number of nitrogens with one attached hydrogen (secondary N) is 1. The molecule has 0 radical (unpaired) electrons. The number of carbonyl (C=O) groups excluding carboxylic acids is 2. The van der Waals surface area contributed by atoms with E-state index < -0.39 is 0 Å². The van der Waals surface area contributed by atoms with Crippen LogP contribution in [0.4, 0.5) is 0 Å². The number of likely N-dealkylation sites (tertiary alicyclic amines) is 1. The molecule has 0 aliphatic carbocycles. The number of benzene rings is 1. The molecule has 3 heterocycles. The van der Waals surface area contributed by atoms with Crippen molar-refractivity contribution in [2.24, 2.45) is 9.98 Å². The SMILES string of the molecule is Cl.O=C(Cc1ccc(Cl)c(Cl)c1)N1CCNC[C@@H]1CN1CCCC1.O=C=C1C=NC=N1. The number of halogens is 3. The van der Waals surface area contributed by atoms with Gasteiger partial charge in [0.15, 0.2) is 11.6 Å². The van der Waals surface area contributed by atoms with Crippen molar-refractivity contribution in [3.8, 4) is 0 Å². The number of carbonyl (C=O) groups is 1. The van der Waals surface area contributed by atoms with Crippen LogP contribution in [0.3, 0.4) is 0 Å². The summed E-state index contributed by atoms with van der Waals surface area (Å²) in [6.45, 7) is 5.81. The largest absolute Gasteiger partial charge is 0.336 e. The fourth-order valence-electron chi connectivity index (χ4n) is 3.73. The van der Waals surface area contributed by atoms with Gasteiger partial charge in [-0.3, -0.25) is 4.79 Å². The molecule has 7 nitrogen and oxygen atoms in total. The number of hydrogen-bond donors (Lipinski definition) is 1. The quantitative estimate of drug-likeness (QED) is 0.664. The zero-order chi connectivity index (χ0) is 21.3. The number of piperazine rings is 1. The molecular formula is C21H26Cl3N5O2. The topological polar surface area (TPSA) is 77.4 Å². The van der Waals surface area contributed by atoms with Gasteiger partial charge in [-0.15, -0.1) is 12.4 Å². The van der Waals surface area contributed by atoms with E-state index in [2.05, 4.69) is 20.2 Å². The van der Waals surface area contributed by atoms with Crippen LogP contribution >= 0.6 is 35.6 Å². The Balaban J connectivity index is 0.000000364. The van der Waals surface area contributed by atoms with E-state index in [-0.39, 0.29) is 30.1 Å². The van der Waals surface area contributed by atoms with Gasteiger partial charge in [0.2, 0.25) is 5.91 Å². The predicted octanol–water partition coefficient (Wildman–Crippen LogP) is 2.67. The van der Waals surface area contributed by atoms with Gasteiger partial charge in [0.05, 0.1) is 28.7 Å². The van der Waals surface area contributed by atoms with E-state index >= 15 is 0 Å². The lowest BCUT2D eigenvalue weighted by Gasteiger charge is -2.38. The van der Waals surface area contributed by atoms with Gasteiger partial charge in [0.1, 0.15) is 6.34 Å². The maximum absolute atomic E-state index is 12.8. The van der Waals surface area contributed by atoms with Crippen LogP contribution in [0, 0.1) is 0 Å². The summed E-state index contributed by atoms with van der Waals surface area (Å²) in [4.78, 5) is 33.9. The van der Waals surface area contributed by atoms with E-state index in [0.717, 1.165) is 44.8 Å². The summed E-state index contributed by atoms with van der Waals surface area (Å²) < 4.78 is 0. The molecule has 1 aromatic rings. The highest BCUT2D eigenvalue weighted by Gasteiger charge is 2.28. The zero-order valence-corrected chi connectivity index (χ0v) is 19.4. The molecule has 10 heteroatoms. The van der Waals surface area contributed by atoms with Gasteiger partial charge in [0.25, 0.3) is 0 Å². The van der Waals surface area contributed by atoms with Crippen LogP contribution in [0.5, 0.6) is 0 Å². The summed E-state index contributed by atoms with van der Waals surface area (Å²) in [5, 5.41) is 4.45. The minimum absolute atomic E-state index is 0. The van der Waals surface area contributed by atoms with Gasteiger partial charge in [0, 0.05) is 26.2 Å². The third-order valence-corrected chi connectivity index (χ3v) is 5.98. The van der Waals surface area contributed by atoms with Gasteiger partial charge in [-0.2, -0.15) is 0 Å². The van der Waals surface area contributed by atoms with Crippen molar-refractivity contribution in [1.82, 2.24) is 15.1 Å². The Hall–Kier alpha value is -1.73.